The van der Waals surface area contributed by atoms with Gasteiger partial charge in [0.2, 0.25) is 5.91 Å². The Morgan fingerprint density at radius 1 is 0.594 bits per heavy atom. The van der Waals surface area contributed by atoms with Crippen LogP contribution >= 0.6 is 0 Å². The highest BCUT2D eigenvalue weighted by atomic mass is 16.5. The Morgan fingerprint density at radius 2 is 0.969 bits per heavy atom. The van der Waals surface area contributed by atoms with Crippen LogP contribution in [0.3, 0.4) is 0 Å². The SMILES string of the molecule is CCCCCCCCCCCCCCCCCOC(=O)C(C)NC(=O)CCCCCCC. The van der Waals surface area contributed by atoms with Crippen molar-refractivity contribution >= 4 is 11.9 Å². The van der Waals surface area contributed by atoms with Gasteiger partial charge in [0.1, 0.15) is 6.04 Å². The number of carbonyl (C=O) groups is 2. The summed E-state index contributed by atoms with van der Waals surface area (Å²) in [7, 11) is 0. The Morgan fingerprint density at radius 3 is 1.41 bits per heavy atom. The molecular formula is C28H55NO3. The summed E-state index contributed by atoms with van der Waals surface area (Å²) in [5, 5.41) is 2.76. The van der Waals surface area contributed by atoms with E-state index in [9.17, 15) is 9.59 Å². The number of ether oxygens (including phenoxy) is 1. The zero-order chi connectivity index (χ0) is 23.7. The van der Waals surface area contributed by atoms with E-state index in [0.29, 0.717) is 13.0 Å². The molecule has 0 aromatic rings. The smallest absolute Gasteiger partial charge is 0.328 e. The highest BCUT2D eigenvalue weighted by Gasteiger charge is 2.16. The van der Waals surface area contributed by atoms with Crippen molar-refractivity contribution in [3.63, 3.8) is 0 Å². The second-order valence-electron chi connectivity index (χ2n) is 9.57. The van der Waals surface area contributed by atoms with Crippen LogP contribution in [0.5, 0.6) is 0 Å². The Balaban J connectivity index is 3.38. The van der Waals surface area contributed by atoms with Gasteiger partial charge in [-0.1, -0.05) is 129 Å². The summed E-state index contributed by atoms with van der Waals surface area (Å²) in [4.78, 5) is 23.9. The average Bonchev–Trinajstić information content (AvgIpc) is 2.78. The summed E-state index contributed by atoms with van der Waals surface area (Å²) >= 11 is 0. The van der Waals surface area contributed by atoms with Gasteiger partial charge >= 0.3 is 5.97 Å². The largest absolute Gasteiger partial charge is 0.464 e. The molecule has 0 aromatic heterocycles. The van der Waals surface area contributed by atoms with Crippen LogP contribution in [0.25, 0.3) is 0 Å². The summed E-state index contributed by atoms with van der Waals surface area (Å²) < 4.78 is 5.32. The number of hydrogen-bond donors (Lipinski definition) is 1. The molecule has 1 unspecified atom stereocenters. The van der Waals surface area contributed by atoms with Crippen molar-refractivity contribution in [2.45, 2.75) is 162 Å². The van der Waals surface area contributed by atoms with E-state index in [1.54, 1.807) is 6.92 Å². The molecule has 1 amide bonds. The minimum absolute atomic E-state index is 0.0436. The van der Waals surface area contributed by atoms with Crippen molar-refractivity contribution in [1.29, 1.82) is 0 Å². The molecule has 0 bridgehead atoms. The molecule has 0 spiro atoms. The molecule has 0 saturated carbocycles. The molecule has 1 atom stereocenters. The van der Waals surface area contributed by atoms with Gasteiger partial charge in [0.25, 0.3) is 0 Å². The van der Waals surface area contributed by atoms with Crippen molar-refractivity contribution in [2.24, 2.45) is 0 Å². The first-order valence-corrected chi connectivity index (χ1v) is 14.1. The molecule has 0 saturated heterocycles. The fourth-order valence-electron chi connectivity index (χ4n) is 4.03. The van der Waals surface area contributed by atoms with Gasteiger partial charge in [-0.05, 0) is 19.8 Å². The predicted octanol–water partition coefficient (Wildman–Crippen LogP) is 8.27. The van der Waals surface area contributed by atoms with Crippen LogP contribution in [0.1, 0.15) is 156 Å². The van der Waals surface area contributed by atoms with E-state index in [2.05, 4.69) is 19.2 Å². The normalized spacial score (nSPS) is 12.0. The minimum atomic E-state index is -0.547. The Bertz CT molecular complexity index is 425. The summed E-state index contributed by atoms with van der Waals surface area (Å²) in [6.07, 6.45) is 26.0. The third-order valence-electron chi connectivity index (χ3n) is 6.23. The molecule has 0 aromatic carbocycles. The minimum Gasteiger partial charge on any atom is -0.464 e. The van der Waals surface area contributed by atoms with Crippen LogP contribution in [0.4, 0.5) is 0 Å². The highest BCUT2D eigenvalue weighted by molar-refractivity contribution is 5.84. The van der Waals surface area contributed by atoms with Gasteiger partial charge in [-0.2, -0.15) is 0 Å². The zero-order valence-corrected chi connectivity index (χ0v) is 21.9. The van der Waals surface area contributed by atoms with E-state index in [-0.39, 0.29) is 11.9 Å². The summed E-state index contributed by atoms with van der Waals surface area (Å²) in [5.41, 5.74) is 0. The van der Waals surface area contributed by atoms with Crippen LogP contribution in [0.15, 0.2) is 0 Å². The number of nitrogens with one attached hydrogen (secondary N) is 1. The van der Waals surface area contributed by atoms with Crippen molar-refractivity contribution in [2.75, 3.05) is 6.61 Å². The first-order chi connectivity index (χ1) is 15.6. The summed E-state index contributed by atoms with van der Waals surface area (Å²) in [6, 6.07) is -0.547. The molecule has 0 aliphatic carbocycles. The Labute approximate surface area is 200 Å². The lowest BCUT2D eigenvalue weighted by Crippen LogP contribution is -2.39. The number of hydrogen-bond acceptors (Lipinski definition) is 3. The summed E-state index contributed by atoms with van der Waals surface area (Å²) in [5.74, 6) is -0.354. The highest BCUT2D eigenvalue weighted by Crippen LogP contribution is 2.13. The first-order valence-electron chi connectivity index (χ1n) is 14.1. The van der Waals surface area contributed by atoms with Gasteiger partial charge in [0, 0.05) is 6.42 Å². The maximum absolute atomic E-state index is 12.0. The van der Waals surface area contributed by atoms with E-state index in [4.69, 9.17) is 4.74 Å². The topological polar surface area (TPSA) is 55.4 Å². The number of amides is 1. The van der Waals surface area contributed by atoms with Crippen molar-refractivity contribution < 1.29 is 14.3 Å². The van der Waals surface area contributed by atoms with Gasteiger partial charge in [0.15, 0.2) is 0 Å². The molecule has 0 aliphatic heterocycles. The van der Waals surface area contributed by atoms with Crippen molar-refractivity contribution in [3.05, 3.63) is 0 Å². The number of esters is 1. The van der Waals surface area contributed by atoms with E-state index >= 15 is 0 Å². The second-order valence-corrected chi connectivity index (χ2v) is 9.57. The maximum Gasteiger partial charge on any atom is 0.328 e. The molecule has 0 radical (unpaired) electrons. The van der Waals surface area contributed by atoms with E-state index in [1.165, 1.54) is 103 Å². The molecule has 0 aliphatic rings. The average molecular weight is 454 g/mol. The predicted molar refractivity (Wildman–Crippen MR) is 137 cm³/mol. The van der Waals surface area contributed by atoms with E-state index in [1.807, 2.05) is 0 Å². The number of rotatable bonds is 24. The molecule has 190 valence electrons. The number of unbranched alkanes of at least 4 members (excludes halogenated alkanes) is 18. The lowest BCUT2D eigenvalue weighted by Gasteiger charge is -2.13. The molecule has 0 rings (SSSR count). The van der Waals surface area contributed by atoms with Gasteiger partial charge in [-0.25, -0.2) is 4.79 Å². The van der Waals surface area contributed by atoms with Crippen LogP contribution in [-0.4, -0.2) is 24.5 Å². The Kier molecular flexibility index (Phi) is 23.8. The molecular weight excluding hydrogens is 398 g/mol. The molecule has 32 heavy (non-hydrogen) atoms. The lowest BCUT2D eigenvalue weighted by atomic mass is 10.0. The van der Waals surface area contributed by atoms with Gasteiger partial charge in [-0.15, -0.1) is 0 Å². The third-order valence-corrected chi connectivity index (χ3v) is 6.23. The summed E-state index contributed by atoms with van der Waals surface area (Å²) in [6.45, 7) is 6.63. The van der Waals surface area contributed by atoms with Gasteiger partial charge in [0.05, 0.1) is 6.61 Å². The quantitative estimate of drug-likeness (QED) is 0.118. The molecule has 4 nitrogen and oxygen atoms in total. The monoisotopic (exact) mass is 453 g/mol. The third kappa shape index (κ3) is 22.1. The molecule has 0 fully saturated rings. The standard InChI is InChI=1S/C28H55NO3/c1-4-6-8-10-11-12-13-14-15-16-17-18-19-21-23-25-32-28(31)26(3)29-27(30)24-22-20-9-7-5-2/h26H,4-25H2,1-3H3,(H,29,30). The van der Waals surface area contributed by atoms with Crippen molar-refractivity contribution in [3.8, 4) is 0 Å². The van der Waals surface area contributed by atoms with Gasteiger partial charge in [-0.3, -0.25) is 4.79 Å². The van der Waals surface area contributed by atoms with E-state index in [0.717, 1.165) is 25.7 Å². The lowest BCUT2D eigenvalue weighted by molar-refractivity contribution is -0.147. The Hall–Kier alpha value is -1.06. The van der Waals surface area contributed by atoms with E-state index < -0.39 is 6.04 Å². The van der Waals surface area contributed by atoms with Crippen LogP contribution < -0.4 is 5.32 Å². The van der Waals surface area contributed by atoms with Crippen LogP contribution in [0, 0.1) is 0 Å². The fourth-order valence-corrected chi connectivity index (χ4v) is 4.03. The zero-order valence-electron chi connectivity index (χ0n) is 21.9. The molecule has 0 heterocycles. The molecule has 1 N–H and O–H groups in total. The second kappa shape index (κ2) is 24.6. The van der Waals surface area contributed by atoms with Gasteiger partial charge < -0.3 is 10.1 Å². The van der Waals surface area contributed by atoms with Crippen LogP contribution in [0.2, 0.25) is 0 Å². The van der Waals surface area contributed by atoms with Crippen LogP contribution in [-0.2, 0) is 14.3 Å². The fraction of sp³-hybridized carbons (Fsp3) is 0.929. The number of carbonyl (C=O) groups excluding carboxylic acids is 2. The van der Waals surface area contributed by atoms with Crippen molar-refractivity contribution in [1.82, 2.24) is 5.32 Å². The first kappa shape index (κ1) is 30.9. The maximum atomic E-state index is 12.0. The molecule has 4 heteroatoms.